The Bertz CT molecular complexity index is 557. The predicted molar refractivity (Wildman–Crippen MR) is 72.8 cm³/mol. The molecule has 2 aromatic carbocycles. The van der Waals surface area contributed by atoms with E-state index in [1.165, 1.54) is 18.2 Å². The van der Waals surface area contributed by atoms with Gasteiger partial charge in [0.1, 0.15) is 11.6 Å². The first-order valence-corrected chi connectivity index (χ1v) is 6.62. The molecule has 0 heterocycles. The maximum absolute atomic E-state index is 13.6. The van der Waals surface area contributed by atoms with E-state index in [0.717, 1.165) is 10.0 Å². The van der Waals surface area contributed by atoms with Gasteiger partial charge in [0.05, 0.1) is 5.38 Å². The first-order chi connectivity index (χ1) is 8.56. The van der Waals surface area contributed by atoms with E-state index >= 15 is 0 Å². The standard InChI is InChI=1S/C14H10BrClF2/c15-10-4-5-14(18)12(8-10)13(16)7-9-2-1-3-11(17)6-9/h1-6,8,13H,7H2. The fraction of sp³-hybridized carbons (Fsp3) is 0.143. The van der Waals surface area contributed by atoms with Crippen LogP contribution in [-0.2, 0) is 6.42 Å². The third-order valence-electron chi connectivity index (χ3n) is 2.60. The van der Waals surface area contributed by atoms with Crippen molar-refractivity contribution in [1.82, 2.24) is 0 Å². The fourth-order valence-corrected chi connectivity index (χ4v) is 2.46. The summed E-state index contributed by atoms with van der Waals surface area (Å²) in [4.78, 5) is 0. The van der Waals surface area contributed by atoms with Crippen LogP contribution in [0.3, 0.4) is 0 Å². The monoisotopic (exact) mass is 330 g/mol. The molecule has 0 aromatic heterocycles. The molecule has 0 nitrogen and oxygen atoms in total. The fourth-order valence-electron chi connectivity index (χ4n) is 1.74. The molecule has 0 aliphatic rings. The minimum atomic E-state index is -0.524. The summed E-state index contributed by atoms with van der Waals surface area (Å²) in [6, 6.07) is 10.8. The molecule has 2 rings (SSSR count). The number of alkyl halides is 1. The number of benzene rings is 2. The minimum Gasteiger partial charge on any atom is -0.207 e. The molecule has 18 heavy (non-hydrogen) atoms. The maximum atomic E-state index is 13.6. The van der Waals surface area contributed by atoms with Crippen LogP contribution in [0.4, 0.5) is 8.78 Å². The Morgan fingerprint density at radius 3 is 2.61 bits per heavy atom. The van der Waals surface area contributed by atoms with Gasteiger partial charge in [0.25, 0.3) is 0 Å². The normalized spacial score (nSPS) is 12.4. The van der Waals surface area contributed by atoms with Crippen LogP contribution in [0, 0.1) is 11.6 Å². The van der Waals surface area contributed by atoms with Gasteiger partial charge < -0.3 is 0 Å². The predicted octanol–water partition coefficient (Wildman–Crippen LogP) is 5.25. The van der Waals surface area contributed by atoms with E-state index in [4.69, 9.17) is 11.6 Å². The van der Waals surface area contributed by atoms with Crippen LogP contribution < -0.4 is 0 Å². The Morgan fingerprint density at radius 2 is 1.89 bits per heavy atom. The molecule has 94 valence electrons. The number of hydrogen-bond donors (Lipinski definition) is 0. The average Bonchev–Trinajstić information content (AvgIpc) is 2.32. The summed E-state index contributed by atoms with van der Waals surface area (Å²) in [7, 11) is 0. The van der Waals surface area contributed by atoms with E-state index in [9.17, 15) is 8.78 Å². The highest BCUT2D eigenvalue weighted by molar-refractivity contribution is 9.10. The average molecular weight is 332 g/mol. The lowest BCUT2D eigenvalue weighted by molar-refractivity contribution is 0.604. The zero-order valence-electron chi connectivity index (χ0n) is 9.34. The van der Waals surface area contributed by atoms with Crippen molar-refractivity contribution in [3.63, 3.8) is 0 Å². The number of halogens is 4. The lowest BCUT2D eigenvalue weighted by Crippen LogP contribution is -1.99. The van der Waals surface area contributed by atoms with Crippen molar-refractivity contribution in [2.24, 2.45) is 0 Å². The molecule has 0 radical (unpaired) electrons. The van der Waals surface area contributed by atoms with E-state index in [2.05, 4.69) is 15.9 Å². The molecule has 0 aliphatic carbocycles. The zero-order chi connectivity index (χ0) is 13.1. The number of hydrogen-bond acceptors (Lipinski definition) is 0. The third kappa shape index (κ3) is 3.30. The van der Waals surface area contributed by atoms with E-state index in [-0.39, 0.29) is 11.6 Å². The quantitative estimate of drug-likeness (QED) is 0.674. The van der Waals surface area contributed by atoms with Gasteiger partial charge in [0.15, 0.2) is 0 Å². The Morgan fingerprint density at radius 1 is 1.11 bits per heavy atom. The Kier molecular flexibility index (Phi) is 4.36. The van der Waals surface area contributed by atoms with Crippen molar-refractivity contribution in [1.29, 1.82) is 0 Å². The highest BCUT2D eigenvalue weighted by Crippen LogP contribution is 2.29. The Labute approximate surface area is 118 Å². The second-order valence-corrected chi connectivity index (χ2v) is 5.41. The number of rotatable bonds is 3. The van der Waals surface area contributed by atoms with Crippen LogP contribution in [-0.4, -0.2) is 0 Å². The topological polar surface area (TPSA) is 0 Å². The van der Waals surface area contributed by atoms with Gasteiger partial charge in [-0.1, -0.05) is 28.1 Å². The summed E-state index contributed by atoms with van der Waals surface area (Å²) in [5.41, 5.74) is 1.16. The smallest absolute Gasteiger partial charge is 0.127 e. The van der Waals surface area contributed by atoms with Gasteiger partial charge in [-0.25, -0.2) is 8.78 Å². The van der Waals surface area contributed by atoms with Gasteiger partial charge in [-0.05, 0) is 42.3 Å². The van der Waals surface area contributed by atoms with Crippen LogP contribution >= 0.6 is 27.5 Å². The summed E-state index contributed by atoms with van der Waals surface area (Å²) in [6.45, 7) is 0. The molecule has 1 unspecified atom stereocenters. The summed E-state index contributed by atoms with van der Waals surface area (Å²) in [5, 5.41) is -0.524. The van der Waals surface area contributed by atoms with Crippen LogP contribution in [0.1, 0.15) is 16.5 Å². The van der Waals surface area contributed by atoms with E-state index < -0.39 is 5.38 Å². The van der Waals surface area contributed by atoms with Crippen molar-refractivity contribution < 1.29 is 8.78 Å². The van der Waals surface area contributed by atoms with Gasteiger partial charge in [0.2, 0.25) is 0 Å². The molecule has 0 saturated heterocycles. The Balaban J connectivity index is 2.21. The van der Waals surface area contributed by atoms with Gasteiger partial charge in [-0.2, -0.15) is 0 Å². The summed E-state index contributed by atoms with van der Waals surface area (Å²) in [6.07, 6.45) is 0.382. The first-order valence-electron chi connectivity index (χ1n) is 5.40. The molecule has 0 amide bonds. The maximum Gasteiger partial charge on any atom is 0.127 e. The van der Waals surface area contributed by atoms with Crippen LogP contribution in [0.2, 0.25) is 0 Å². The molecule has 4 heteroatoms. The van der Waals surface area contributed by atoms with Gasteiger partial charge in [-0.15, -0.1) is 11.6 Å². The second-order valence-electron chi connectivity index (χ2n) is 3.97. The molecule has 0 bridgehead atoms. The zero-order valence-corrected chi connectivity index (χ0v) is 11.7. The van der Waals surface area contributed by atoms with Crippen molar-refractivity contribution >= 4 is 27.5 Å². The molecule has 0 spiro atoms. The molecular formula is C14H10BrClF2. The summed E-state index contributed by atoms with van der Waals surface area (Å²) in [5.74, 6) is -0.666. The van der Waals surface area contributed by atoms with E-state index in [1.54, 1.807) is 24.3 Å². The highest BCUT2D eigenvalue weighted by Gasteiger charge is 2.14. The molecule has 0 N–H and O–H groups in total. The summed E-state index contributed by atoms with van der Waals surface area (Å²) < 4.78 is 27.4. The van der Waals surface area contributed by atoms with Gasteiger partial charge >= 0.3 is 0 Å². The molecule has 0 saturated carbocycles. The lowest BCUT2D eigenvalue weighted by Gasteiger charge is -2.11. The largest absolute Gasteiger partial charge is 0.207 e. The highest BCUT2D eigenvalue weighted by atomic mass is 79.9. The first kappa shape index (κ1) is 13.5. The van der Waals surface area contributed by atoms with Crippen molar-refractivity contribution in [3.8, 4) is 0 Å². The third-order valence-corrected chi connectivity index (χ3v) is 3.48. The molecule has 1 atom stereocenters. The van der Waals surface area contributed by atoms with E-state index in [1.807, 2.05) is 0 Å². The van der Waals surface area contributed by atoms with Crippen molar-refractivity contribution in [2.45, 2.75) is 11.8 Å². The lowest BCUT2D eigenvalue weighted by atomic mass is 10.0. The second kappa shape index (κ2) is 5.81. The van der Waals surface area contributed by atoms with Crippen LogP contribution in [0.25, 0.3) is 0 Å². The van der Waals surface area contributed by atoms with Crippen LogP contribution in [0.15, 0.2) is 46.9 Å². The van der Waals surface area contributed by atoms with Crippen molar-refractivity contribution in [2.75, 3.05) is 0 Å². The molecule has 0 fully saturated rings. The van der Waals surface area contributed by atoms with E-state index in [0.29, 0.717) is 12.0 Å². The van der Waals surface area contributed by atoms with Gasteiger partial charge in [-0.3, -0.25) is 0 Å². The Hall–Kier alpha value is -0.930. The minimum absolute atomic E-state index is 0.314. The molecular weight excluding hydrogens is 322 g/mol. The van der Waals surface area contributed by atoms with Crippen molar-refractivity contribution in [3.05, 3.63) is 69.7 Å². The summed E-state index contributed by atoms with van der Waals surface area (Å²) >= 11 is 9.46. The van der Waals surface area contributed by atoms with Crippen LogP contribution in [0.5, 0.6) is 0 Å². The molecule has 0 aliphatic heterocycles. The molecule has 2 aromatic rings. The SMILES string of the molecule is Fc1cccc(CC(Cl)c2cc(Br)ccc2F)c1. The van der Waals surface area contributed by atoms with Gasteiger partial charge in [0, 0.05) is 10.0 Å².